The molecule has 7 heteroatoms. The molecular formula is C17H27N3O4. The second-order valence-corrected chi connectivity index (χ2v) is 6.66. The number of carbonyl (C=O) groups is 2. The van der Waals surface area contributed by atoms with Gasteiger partial charge < -0.3 is 19.5 Å². The summed E-state index contributed by atoms with van der Waals surface area (Å²) in [5, 5.41) is 6.66. The van der Waals surface area contributed by atoms with Crippen molar-refractivity contribution in [1.29, 1.82) is 0 Å². The molecular weight excluding hydrogens is 310 g/mol. The summed E-state index contributed by atoms with van der Waals surface area (Å²) in [5.74, 6) is 0.714. The van der Waals surface area contributed by atoms with Crippen LogP contribution in [0.1, 0.15) is 49.4 Å². The van der Waals surface area contributed by atoms with Gasteiger partial charge >= 0.3 is 0 Å². The van der Waals surface area contributed by atoms with Crippen molar-refractivity contribution in [3.05, 3.63) is 17.5 Å². The molecule has 1 aliphatic heterocycles. The summed E-state index contributed by atoms with van der Waals surface area (Å²) in [6, 6.07) is 1.61. The molecule has 0 aromatic carbocycles. The Morgan fingerprint density at radius 1 is 1.46 bits per heavy atom. The number of nitrogens with zero attached hydrogens (tertiary/aromatic N) is 2. The van der Waals surface area contributed by atoms with E-state index in [1.807, 2.05) is 13.8 Å². The number of carbonyl (C=O) groups excluding carboxylic acids is 2. The van der Waals surface area contributed by atoms with E-state index < -0.39 is 0 Å². The van der Waals surface area contributed by atoms with E-state index in [9.17, 15) is 9.59 Å². The van der Waals surface area contributed by atoms with Crippen molar-refractivity contribution in [2.24, 2.45) is 5.92 Å². The van der Waals surface area contributed by atoms with Gasteiger partial charge in [0.05, 0.1) is 6.10 Å². The van der Waals surface area contributed by atoms with Crippen molar-refractivity contribution < 1.29 is 18.8 Å². The third-order valence-corrected chi connectivity index (χ3v) is 3.90. The van der Waals surface area contributed by atoms with Gasteiger partial charge in [-0.25, -0.2) is 0 Å². The third-order valence-electron chi connectivity index (χ3n) is 3.90. The smallest absolute Gasteiger partial charge is 0.276 e. The fourth-order valence-electron chi connectivity index (χ4n) is 2.58. The summed E-state index contributed by atoms with van der Waals surface area (Å²) in [7, 11) is 0. The monoisotopic (exact) mass is 337 g/mol. The van der Waals surface area contributed by atoms with Gasteiger partial charge in [0.25, 0.3) is 5.91 Å². The zero-order chi connectivity index (χ0) is 17.5. The fraction of sp³-hybridized carbons (Fsp3) is 0.706. The number of amides is 2. The molecule has 0 spiro atoms. The standard InChI is InChI=1S/C17H27N3O4/c1-12(2)10-18-16(21)6-7-20(11-14-5-4-8-23-14)17(22)15-9-13(3)24-19-15/h9,12,14H,4-8,10-11H2,1-3H3,(H,18,21)/t14-/m1/s1. The van der Waals surface area contributed by atoms with Gasteiger partial charge in [-0.3, -0.25) is 9.59 Å². The normalized spacial score (nSPS) is 17.2. The zero-order valence-electron chi connectivity index (χ0n) is 14.7. The molecule has 1 fully saturated rings. The van der Waals surface area contributed by atoms with Crippen LogP contribution in [0.15, 0.2) is 10.6 Å². The van der Waals surface area contributed by atoms with Crippen LogP contribution in [0.25, 0.3) is 0 Å². The van der Waals surface area contributed by atoms with E-state index in [1.165, 1.54) is 0 Å². The molecule has 0 aliphatic carbocycles. The van der Waals surface area contributed by atoms with Crippen LogP contribution < -0.4 is 5.32 Å². The maximum absolute atomic E-state index is 12.6. The molecule has 24 heavy (non-hydrogen) atoms. The number of aryl methyl sites for hydroxylation is 1. The second-order valence-electron chi connectivity index (χ2n) is 6.66. The second kappa shape index (κ2) is 8.82. The summed E-state index contributed by atoms with van der Waals surface area (Å²) in [6.45, 7) is 8.01. The molecule has 0 bridgehead atoms. The lowest BCUT2D eigenvalue weighted by Crippen LogP contribution is -2.40. The Kier molecular flexibility index (Phi) is 6.78. The Morgan fingerprint density at radius 2 is 2.25 bits per heavy atom. The highest BCUT2D eigenvalue weighted by atomic mass is 16.5. The summed E-state index contributed by atoms with van der Waals surface area (Å²) in [6.07, 6.45) is 2.23. The summed E-state index contributed by atoms with van der Waals surface area (Å²) >= 11 is 0. The number of ether oxygens (including phenoxy) is 1. The number of hydrogen-bond donors (Lipinski definition) is 1. The van der Waals surface area contributed by atoms with Crippen LogP contribution in [0.4, 0.5) is 0 Å². The van der Waals surface area contributed by atoms with E-state index in [0.29, 0.717) is 31.3 Å². The highest BCUT2D eigenvalue weighted by Crippen LogP contribution is 2.15. The van der Waals surface area contributed by atoms with Crippen molar-refractivity contribution >= 4 is 11.8 Å². The Balaban J connectivity index is 1.94. The first-order valence-corrected chi connectivity index (χ1v) is 8.56. The van der Waals surface area contributed by atoms with Gasteiger partial charge in [-0.2, -0.15) is 0 Å². The minimum absolute atomic E-state index is 0.0284. The first kappa shape index (κ1) is 18.4. The van der Waals surface area contributed by atoms with Gasteiger partial charge in [-0.15, -0.1) is 0 Å². The lowest BCUT2D eigenvalue weighted by Gasteiger charge is -2.24. The van der Waals surface area contributed by atoms with Crippen molar-refractivity contribution in [2.45, 2.75) is 46.1 Å². The summed E-state index contributed by atoms with van der Waals surface area (Å²) < 4.78 is 10.6. The van der Waals surface area contributed by atoms with Crippen LogP contribution >= 0.6 is 0 Å². The molecule has 2 amide bonds. The predicted molar refractivity (Wildman–Crippen MR) is 88.6 cm³/mol. The number of rotatable bonds is 8. The molecule has 1 aromatic rings. The lowest BCUT2D eigenvalue weighted by molar-refractivity contribution is -0.121. The van der Waals surface area contributed by atoms with Gasteiger partial charge in [0, 0.05) is 38.7 Å². The Morgan fingerprint density at radius 3 is 2.83 bits per heavy atom. The summed E-state index contributed by atoms with van der Waals surface area (Å²) in [4.78, 5) is 26.2. The van der Waals surface area contributed by atoms with Crippen molar-refractivity contribution in [3.8, 4) is 0 Å². The molecule has 1 aliphatic rings. The van der Waals surface area contributed by atoms with Gasteiger partial charge in [-0.05, 0) is 25.7 Å². The van der Waals surface area contributed by atoms with Gasteiger partial charge in [-0.1, -0.05) is 19.0 Å². The molecule has 0 saturated carbocycles. The highest BCUT2D eigenvalue weighted by molar-refractivity contribution is 5.92. The number of aromatic nitrogens is 1. The predicted octanol–water partition coefficient (Wildman–Crippen LogP) is 1.77. The molecule has 134 valence electrons. The molecule has 0 radical (unpaired) electrons. The minimum Gasteiger partial charge on any atom is -0.376 e. The van der Waals surface area contributed by atoms with Crippen LogP contribution in [0.3, 0.4) is 0 Å². The first-order chi connectivity index (χ1) is 11.5. The number of hydrogen-bond acceptors (Lipinski definition) is 5. The third kappa shape index (κ3) is 5.63. The quantitative estimate of drug-likeness (QED) is 0.781. The van der Waals surface area contributed by atoms with Crippen LogP contribution in [-0.2, 0) is 9.53 Å². The Hall–Kier alpha value is -1.89. The van der Waals surface area contributed by atoms with Crippen molar-refractivity contribution in [2.75, 3.05) is 26.2 Å². The lowest BCUT2D eigenvalue weighted by atomic mass is 10.2. The fourth-order valence-corrected chi connectivity index (χ4v) is 2.58. The van der Waals surface area contributed by atoms with E-state index in [4.69, 9.17) is 9.26 Å². The molecule has 2 heterocycles. The van der Waals surface area contributed by atoms with Crippen LogP contribution in [-0.4, -0.2) is 54.2 Å². The topological polar surface area (TPSA) is 84.7 Å². The van der Waals surface area contributed by atoms with Crippen LogP contribution in [0.2, 0.25) is 0 Å². The zero-order valence-corrected chi connectivity index (χ0v) is 14.7. The maximum Gasteiger partial charge on any atom is 0.276 e. The minimum atomic E-state index is -0.223. The maximum atomic E-state index is 12.6. The van der Waals surface area contributed by atoms with E-state index >= 15 is 0 Å². The largest absolute Gasteiger partial charge is 0.376 e. The highest BCUT2D eigenvalue weighted by Gasteiger charge is 2.25. The van der Waals surface area contributed by atoms with E-state index in [2.05, 4.69) is 10.5 Å². The molecule has 1 saturated heterocycles. The molecule has 0 unspecified atom stereocenters. The average molecular weight is 337 g/mol. The molecule has 1 atom stereocenters. The molecule has 7 nitrogen and oxygen atoms in total. The van der Waals surface area contributed by atoms with Crippen LogP contribution in [0, 0.1) is 12.8 Å². The first-order valence-electron chi connectivity index (χ1n) is 8.56. The van der Waals surface area contributed by atoms with E-state index in [-0.39, 0.29) is 30.0 Å². The Bertz CT molecular complexity index is 550. The van der Waals surface area contributed by atoms with E-state index in [1.54, 1.807) is 17.9 Å². The van der Waals surface area contributed by atoms with E-state index in [0.717, 1.165) is 19.4 Å². The van der Waals surface area contributed by atoms with Crippen molar-refractivity contribution in [3.63, 3.8) is 0 Å². The van der Waals surface area contributed by atoms with Crippen molar-refractivity contribution in [1.82, 2.24) is 15.4 Å². The van der Waals surface area contributed by atoms with Gasteiger partial charge in [0.15, 0.2) is 5.69 Å². The van der Waals surface area contributed by atoms with Gasteiger partial charge in [0.2, 0.25) is 5.91 Å². The molecule has 2 rings (SSSR count). The average Bonchev–Trinajstić information content (AvgIpc) is 3.20. The van der Waals surface area contributed by atoms with Crippen LogP contribution in [0.5, 0.6) is 0 Å². The number of nitrogens with one attached hydrogen (secondary N) is 1. The summed E-state index contributed by atoms with van der Waals surface area (Å²) in [5.41, 5.74) is 0.271. The molecule has 1 N–H and O–H groups in total. The molecule has 1 aromatic heterocycles. The Labute approximate surface area is 142 Å². The van der Waals surface area contributed by atoms with Gasteiger partial charge in [0.1, 0.15) is 5.76 Å². The SMILES string of the molecule is Cc1cc(C(=O)N(CCC(=O)NCC(C)C)C[C@H]2CCCO2)no1.